The van der Waals surface area contributed by atoms with Gasteiger partial charge in [-0.3, -0.25) is 0 Å². The Kier molecular flexibility index (Phi) is 3.75. The fraction of sp³-hybridized carbons (Fsp3) is 0.571. The Labute approximate surface area is 114 Å². The summed E-state index contributed by atoms with van der Waals surface area (Å²) in [5.74, 6) is 0.956. The average molecular weight is 261 g/mol. The van der Waals surface area contributed by atoms with E-state index in [0.29, 0.717) is 12.0 Å². The van der Waals surface area contributed by atoms with Crippen molar-refractivity contribution in [1.82, 2.24) is 14.6 Å². The van der Waals surface area contributed by atoms with Crippen LogP contribution in [0, 0.1) is 5.41 Å². The van der Waals surface area contributed by atoms with Gasteiger partial charge in [-0.1, -0.05) is 20.8 Å². The highest BCUT2D eigenvalue weighted by molar-refractivity contribution is 5.46. The number of fused-ring (bicyclic) bond motifs is 1. The van der Waals surface area contributed by atoms with Gasteiger partial charge in [0, 0.05) is 20.1 Å². The lowest BCUT2D eigenvalue weighted by Crippen LogP contribution is -2.24. The predicted molar refractivity (Wildman–Crippen MR) is 78.2 cm³/mol. The summed E-state index contributed by atoms with van der Waals surface area (Å²) >= 11 is 0. The van der Waals surface area contributed by atoms with Crippen molar-refractivity contribution in [2.45, 2.75) is 33.7 Å². The molecule has 5 nitrogen and oxygen atoms in total. The molecule has 2 N–H and O–H groups in total. The van der Waals surface area contributed by atoms with Crippen molar-refractivity contribution in [2.75, 3.05) is 18.5 Å². The molecule has 0 amide bonds. The molecule has 0 aliphatic heterocycles. The van der Waals surface area contributed by atoms with Crippen LogP contribution in [0.3, 0.4) is 0 Å². The van der Waals surface area contributed by atoms with Crippen LogP contribution in [0.1, 0.15) is 32.9 Å². The van der Waals surface area contributed by atoms with Gasteiger partial charge in [-0.2, -0.15) is 0 Å². The van der Waals surface area contributed by atoms with Crippen LogP contribution in [-0.4, -0.2) is 28.2 Å². The van der Waals surface area contributed by atoms with Crippen LogP contribution in [0.4, 0.5) is 5.82 Å². The summed E-state index contributed by atoms with van der Waals surface area (Å²) in [4.78, 5) is 6.55. The summed E-state index contributed by atoms with van der Waals surface area (Å²) in [5, 5.41) is 4.57. The number of anilines is 1. The molecule has 0 atom stereocenters. The summed E-state index contributed by atoms with van der Waals surface area (Å²) in [5.41, 5.74) is 7.63. The van der Waals surface area contributed by atoms with Crippen molar-refractivity contribution < 1.29 is 0 Å². The van der Waals surface area contributed by atoms with Crippen LogP contribution in [0.15, 0.2) is 18.3 Å². The van der Waals surface area contributed by atoms with Gasteiger partial charge in [0.1, 0.15) is 5.82 Å². The smallest absolute Gasteiger partial charge is 0.153 e. The minimum absolute atomic E-state index is 0.333. The molecule has 0 unspecified atom stereocenters. The van der Waals surface area contributed by atoms with Gasteiger partial charge in [0.25, 0.3) is 0 Å². The van der Waals surface area contributed by atoms with E-state index < -0.39 is 0 Å². The third-order valence-corrected chi connectivity index (χ3v) is 3.15. The number of nitrogens with two attached hydrogens (primary N) is 1. The summed E-state index contributed by atoms with van der Waals surface area (Å²) in [7, 11) is 2.07. The number of aromatic nitrogens is 3. The van der Waals surface area contributed by atoms with Crippen molar-refractivity contribution >= 4 is 11.5 Å². The molecule has 0 spiro atoms. The van der Waals surface area contributed by atoms with Gasteiger partial charge in [0.15, 0.2) is 5.65 Å². The van der Waals surface area contributed by atoms with Gasteiger partial charge in [-0.05, 0) is 24.0 Å². The maximum Gasteiger partial charge on any atom is 0.153 e. The van der Waals surface area contributed by atoms with Crippen LogP contribution in [0.25, 0.3) is 5.65 Å². The number of hydrogen-bond donors (Lipinski definition) is 1. The standard InChI is InChI=1S/C14H23N5/c1-14(2,3)7-8-18(4)13-6-5-12-16-11(9-15)10-19(12)17-13/h5-6,10H,7-9,15H2,1-4H3. The number of rotatable bonds is 4. The van der Waals surface area contributed by atoms with E-state index in [1.807, 2.05) is 18.3 Å². The number of nitrogens with zero attached hydrogens (tertiary/aromatic N) is 4. The molecule has 0 radical (unpaired) electrons. The van der Waals surface area contributed by atoms with Crippen molar-refractivity contribution in [1.29, 1.82) is 0 Å². The van der Waals surface area contributed by atoms with Crippen LogP contribution < -0.4 is 10.6 Å². The van der Waals surface area contributed by atoms with E-state index >= 15 is 0 Å². The first-order chi connectivity index (χ1) is 8.89. The molecule has 0 fully saturated rings. The monoisotopic (exact) mass is 261 g/mol. The largest absolute Gasteiger partial charge is 0.358 e. The molecule has 5 heteroatoms. The van der Waals surface area contributed by atoms with Gasteiger partial charge < -0.3 is 10.6 Å². The highest BCUT2D eigenvalue weighted by atomic mass is 15.3. The topological polar surface area (TPSA) is 59.5 Å². The van der Waals surface area contributed by atoms with E-state index in [2.05, 4.69) is 42.8 Å². The first kappa shape index (κ1) is 13.8. The van der Waals surface area contributed by atoms with Gasteiger partial charge in [0.05, 0.1) is 11.9 Å². The van der Waals surface area contributed by atoms with Crippen LogP contribution in [-0.2, 0) is 6.54 Å². The minimum atomic E-state index is 0.333. The van der Waals surface area contributed by atoms with Gasteiger partial charge >= 0.3 is 0 Å². The van der Waals surface area contributed by atoms with E-state index in [-0.39, 0.29) is 0 Å². The van der Waals surface area contributed by atoms with Crippen molar-refractivity contribution in [3.63, 3.8) is 0 Å². The molecule has 0 aliphatic rings. The Morgan fingerprint density at radius 3 is 2.68 bits per heavy atom. The minimum Gasteiger partial charge on any atom is -0.358 e. The highest BCUT2D eigenvalue weighted by Gasteiger charge is 2.12. The number of hydrogen-bond acceptors (Lipinski definition) is 4. The fourth-order valence-corrected chi connectivity index (χ4v) is 1.84. The van der Waals surface area contributed by atoms with E-state index in [1.54, 1.807) is 4.52 Å². The third-order valence-electron chi connectivity index (χ3n) is 3.15. The zero-order valence-corrected chi connectivity index (χ0v) is 12.2. The summed E-state index contributed by atoms with van der Waals surface area (Å²) in [6.07, 6.45) is 3.01. The Morgan fingerprint density at radius 1 is 1.32 bits per heavy atom. The first-order valence-corrected chi connectivity index (χ1v) is 6.65. The molecular formula is C14H23N5. The molecule has 0 aromatic carbocycles. The highest BCUT2D eigenvalue weighted by Crippen LogP contribution is 2.20. The molecule has 2 aromatic heterocycles. The maximum absolute atomic E-state index is 5.59. The van der Waals surface area contributed by atoms with E-state index in [4.69, 9.17) is 5.73 Å². The lowest BCUT2D eigenvalue weighted by molar-refractivity contribution is 0.381. The lowest BCUT2D eigenvalue weighted by atomic mass is 9.92. The Bertz CT molecular complexity index is 552. The number of imidazole rings is 1. The molecule has 2 aromatic rings. The van der Waals surface area contributed by atoms with Crippen molar-refractivity contribution in [2.24, 2.45) is 11.1 Å². The molecule has 0 bridgehead atoms. The van der Waals surface area contributed by atoms with E-state index in [9.17, 15) is 0 Å². The summed E-state index contributed by atoms with van der Waals surface area (Å²) in [6, 6.07) is 3.99. The van der Waals surface area contributed by atoms with E-state index in [0.717, 1.165) is 30.1 Å². The molecule has 2 heterocycles. The second-order valence-corrected chi connectivity index (χ2v) is 6.16. The van der Waals surface area contributed by atoms with Crippen LogP contribution in [0.2, 0.25) is 0 Å². The van der Waals surface area contributed by atoms with Gasteiger partial charge in [-0.25, -0.2) is 9.50 Å². The normalized spacial score (nSPS) is 12.1. The van der Waals surface area contributed by atoms with Crippen LogP contribution >= 0.6 is 0 Å². The Balaban J connectivity index is 2.15. The van der Waals surface area contributed by atoms with Crippen molar-refractivity contribution in [3.8, 4) is 0 Å². The van der Waals surface area contributed by atoms with Gasteiger partial charge in [-0.15, -0.1) is 5.10 Å². The van der Waals surface area contributed by atoms with Crippen molar-refractivity contribution in [3.05, 3.63) is 24.0 Å². The van der Waals surface area contributed by atoms with E-state index in [1.165, 1.54) is 0 Å². The Morgan fingerprint density at radius 2 is 2.05 bits per heavy atom. The second kappa shape index (κ2) is 5.17. The quantitative estimate of drug-likeness (QED) is 0.915. The second-order valence-electron chi connectivity index (χ2n) is 6.16. The zero-order valence-electron chi connectivity index (χ0n) is 12.2. The maximum atomic E-state index is 5.59. The molecule has 0 saturated carbocycles. The first-order valence-electron chi connectivity index (χ1n) is 6.65. The molecular weight excluding hydrogens is 238 g/mol. The molecule has 0 saturated heterocycles. The molecule has 0 aliphatic carbocycles. The SMILES string of the molecule is CN(CCC(C)(C)C)c1ccc2nc(CN)cn2n1. The lowest BCUT2D eigenvalue weighted by Gasteiger charge is -2.24. The Hall–Kier alpha value is -1.62. The summed E-state index contributed by atoms with van der Waals surface area (Å²) in [6.45, 7) is 8.18. The van der Waals surface area contributed by atoms with Crippen LogP contribution in [0.5, 0.6) is 0 Å². The van der Waals surface area contributed by atoms with Gasteiger partial charge in [0.2, 0.25) is 0 Å². The fourth-order valence-electron chi connectivity index (χ4n) is 1.84. The average Bonchev–Trinajstić information content (AvgIpc) is 2.76. The molecule has 2 rings (SSSR count). The predicted octanol–water partition coefficient (Wildman–Crippen LogP) is 2.06. The summed E-state index contributed by atoms with van der Waals surface area (Å²) < 4.78 is 1.80. The zero-order chi connectivity index (χ0) is 14.0. The molecule has 104 valence electrons. The third kappa shape index (κ3) is 3.44. The molecule has 19 heavy (non-hydrogen) atoms.